The monoisotopic (exact) mass is 868 g/mol. The number of aromatic nitrogens is 6. The van der Waals surface area contributed by atoms with Crippen LogP contribution in [0.25, 0.3) is 22.8 Å². The van der Waals surface area contributed by atoms with Crippen molar-refractivity contribution >= 4 is 58.5 Å². The van der Waals surface area contributed by atoms with Gasteiger partial charge in [-0.25, -0.2) is 19.6 Å². The number of benzene rings is 2. The molecule has 4 aliphatic heterocycles. The molecule has 8 aliphatic rings. The van der Waals surface area contributed by atoms with E-state index in [0.29, 0.717) is 69.6 Å². The van der Waals surface area contributed by atoms with Crippen LogP contribution in [0.1, 0.15) is 64.7 Å². The second kappa shape index (κ2) is 15.0. The van der Waals surface area contributed by atoms with Crippen LogP contribution in [0, 0.1) is 29.6 Å². The van der Waals surface area contributed by atoms with Crippen LogP contribution in [-0.4, -0.2) is 99.5 Å². The Hall–Kier alpha value is -5.22. The minimum absolute atomic E-state index is 0.0105. The molecular formula is C43H50Cl2N12O4. The van der Waals surface area contributed by atoms with Gasteiger partial charge in [0.15, 0.2) is 11.6 Å². The molecule has 61 heavy (non-hydrogen) atoms. The lowest BCUT2D eigenvalue weighted by Gasteiger charge is -2.64. The molecule has 16 nitrogen and oxygen atoms in total. The van der Waals surface area contributed by atoms with Gasteiger partial charge in [-0.1, -0.05) is 30.1 Å². The van der Waals surface area contributed by atoms with Gasteiger partial charge in [-0.3, -0.25) is 19.0 Å². The maximum Gasteiger partial charge on any atom is 0.322 e. The second-order valence-corrected chi connectivity index (χ2v) is 19.4. The number of aryl methyl sites for hydroxylation is 2. The van der Waals surface area contributed by atoms with E-state index >= 15 is 0 Å². The van der Waals surface area contributed by atoms with Crippen molar-refractivity contribution in [1.82, 2.24) is 50.0 Å². The summed E-state index contributed by atoms with van der Waals surface area (Å²) in [7, 11) is 3.56. The van der Waals surface area contributed by atoms with Crippen molar-refractivity contribution in [3.63, 3.8) is 0 Å². The van der Waals surface area contributed by atoms with Crippen LogP contribution in [0.2, 0.25) is 10.0 Å². The molecule has 6 heterocycles. The number of nitrogens with one attached hydrogen (secondary N) is 4. The number of halogens is 2. The Balaban J connectivity index is 0.788. The van der Waals surface area contributed by atoms with Gasteiger partial charge in [-0.05, 0) is 112 Å². The number of amides is 6. The van der Waals surface area contributed by atoms with Crippen molar-refractivity contribution in [3.05, 3.63) is 59.1 Å². The predicted molar refractivity (Wildman–Crippen MR) is 228 cm³/mol. The smallest absolute Gasteiger partial charge is 0.322 e. The van der Waals surface area contributed by atoms with Gasteiger partial charge in [-0.2, -0.15) is 10.2 Å². The molecule has 7 unspecified atom stereocenters. The van der Waals surface area contributed by atoms with Crippen LogP contribution in [-0.2, 0) is 23.7 Å². The van der Waals surface area contributed by atoms with Crippen molar-refractivity contribution in [1.29, 1.82) is 0 Å². The first-order valence-corrected chi connectivity index (χ1v) is 22.1. The van der Waals surface area contributed by atoms with E-state index in [0.717, 1.165) is 51.4 Å². The molecule has 4 bridgehead atoms. The first kappa shape index (κ1) is 39.9. The van der Waals surface area contributed by atoms with Crippen molar-refractivity contribution in [2.24, 2.45) is 43.7 Å². The maximum absolute atomic E-state index is 14.1. The Morgan fingerprint density at radius 2 is 1.23 bits per heavy atom. The average molecular weight is 870 g/mol. The summed E-state index contributed by atoms with van der Waals surface area (Å²) in [6, 6.07) is 10.2. The van der Waals surface area contributed by atoms with Crippen LogP contribution >= 0.6 is 23.2 Å². The zero-order chi connectivity index (χ0) is 42.4. The van der Waals surface area contributed by atoms with Gasteiger partial charge >= 0.3 is 12.1 Å². The highest BCUT2D eigenvalue weighted by atomic mass is 35.5. The van der Waals surface area contributed by atoms with E-state index in [1.165, 1.54) is 0 Å². The maximum atomic E-state index is 14.1. The van der Waals surface area contributed by atoms with E-state index in [2.05, 4.69) is 48.4 Å². The highest BCUT2D eigenvalue weighted by molar-refractivity contribution is 6.33. The van der Waals surface area contributed by atoms with E-state index in [-0.39, 0.29) is 59.6 Å². The van der Waals surface area contributed by atoms with Crippen LogP contribution in [0.5, 0.6) is 0 Å². The van der Waals surface area contributed by atoms with Gasteiger partial charge in [0.25, 0.3) is 0 Å². The number of anilines is 2. The number of hydrogen-bond acceptors (Lipinski definition) is 8. The molecule has 2 aromatic carbocycles. The van der Waals surface area contributed by atoms with Gasteiger partial charge in [0.2, 0.25) is 11.8 Å². The first-order chi connectivity index (χ1) is 29.3. The molecule has 18 heteroatoms. The van der Waals surface area contributed by atoms with Crippen molar-refractivity contribution in [2.75, 3.05) is 23.7 Å². The summed E-state index contributed by atoms with van der Waals surface area (Å²) >= 11 is 13.0. The molecule has 0 spiro atoms. The molecule has 8 fully saturated rings. The number of carbonyl (C=O) groups is 4. The molecule has 4 aromatic rings. The second-order valence-electron chi connectivity index (χ2n) is 18.6. The molecule has 320 valence electrons. The normalized spacial score (nSPS) is 29.5. The highest BCUT2D eigenvalue weighted by Gasteiger charge is 2.63. The highest BCUT2D eigenvalue weighted by Crippen LogP contribution is 2.58. The quantitative estimate of drug-likeness (QED) is 0.140. The lowest BCUT2D eigenvalue weighted by molar-refractivity contribution is -0.129. The summed E-state index contributed by atoms with van der Waals surface area (Å²) in [5.74, 6) is 1.80. The summed E-state index contributed by atoms with van der Waals surface area (Å²) in [6.45, 7) is 2.99. The minimum atomic E-state index is -0.547. The number of hydrogen-bond donors (Lipinski definition) is 4. The molecule has 8 atom stereocenters. The molecule has 4 saturated carbocycles. The summed E-state index contributed by atoms with van der Waals surface area (Å²) in [4.78, 5) is 67.3. The van der Waals surface area contributed by atoms with E-state index in [1.807, 2.05) is 9.80 Å². The number of piperidine rings is 2. The Labute approximate surface area is 363 Å². The van der Waals surface area contributed by atoms with Crippen LogP contribution in [0.3, 0.4) is 0 Å². The summed E-state index contributed by atoms with van der Waals surface area (Å²) in [5, 5.41) is 22.4. The van der Waals surface area contributed by atoms with E-state index in [9.17, 15) is 19.2 Å². The molecular weight excluding hydrogens is 819 g/mol. The van der Waals surface area contributed by atoms with Crippen molar-refractivity contribution < 1.29 is 19.2 Å². The van der Waals surface area contributed by atoms with Gasteiger partial charge in [0.1, 0.15) is 12.7 Å². The lowest BCUT2D eigenvalue weighted by Crippen LogP contribution is -2.75. The Morgan fingerprint density at radius 1 is 0.705 bits per heavy atom. The number of urea groups is 2. The van der Waals surface area contributed by atoms with Crippen molar-refractivity contribution in [3.8, 4) is 22.8 Å². The molecule has 4 aliphatic carbocycles. The average Bonchev–Trinajstić information content (AvgIpc) is 4.14. The summed E-state index contributed by atoms with van der Waals surface area (Å²) in [6.07, 6.45) is 10.7. The Kier molecular flexibility index (Phi) is 9.81. The third-order valence-corrected chi connectivity index (χ3v) is 14.7. The molecule has 4 saturated heterocycles. The van der Waals surface area contributed by atoms with E-state index in [1.54, 1.807) is 72.5 Å². The van der Waals surface area contributed by atoms with Crippen LogP contribution < -0.4 is 21.3 Å². The fraction of sp³-hybridized carbons (Fsp3) is 0.535. The Morgan fingerprint density at radius 3 is 1.75 bits per heavy atom. The summed E-state index contributed by atoms with van der Waals surface area (Å²) in [5.41, 5.74) is 1.41. The SMILES string of the molecule is CC1CC2CC(CNC(=O)C3C[C@@H]3C3CC4CC(CNC(=O)C5CC5)(C3)N4C(=O)Nc3ccc(Cl)c(-c4ncn(C)n4)c3)(C1)N2C(=O)Nc1ccc(Cl)c(-c2ncn(C)n2)c1. The third-order valence-electron chi connectivity index (χ3n) is 14.1. The fourth-order valence-corrected chi connectivity index (χ4v) is 11.6. The van der Waals surface area contributed by atoms with Gasteiger partial charge in [-0.15, -0.1) is 0 Å². The van der Waals surface area contributed by atoms with E-state index < -0.39 is 11.1 Å². The molecule has 2 aromatic heterocycles. The standard InChI is InChI=1S/C43H50Cl2N12O4/c1-23-10-28-17-42(15-23,56(28)40(60)50-26-6-8-34(44)32(12-26)36-48-21-54(2)52-36)19-47-39(59)31-14-30(31)25-11-29-18-43(16-25,20-46-38(58)24-4-5-24)57(29)41(61)51-27-7-9-35(45)33(13-27)37-49-22-55(3)53-37/h6-9,12-13,21-25,28-31H,4-5,10-11,14-20H2,1-3H3,(H,46,58)(H,47,59)(H,50,60)(H,51,61)/t23?,25?,28?,29?,30-,31?,42?,43?/m1/s1. The van der Waals surface area contributed by atoms with Gasteiger partial charge in [0.05, 0.1) is 21.1 Å². The lowest BCUT2D eigenvalue weighted by atomic mass is 9.62. The zero-order valence-corrected chi connectivity index (χ0v) is 35.9. The Bertz CT molecular complexity index is 2440. The largest absolute Gasteiger partial charge is 0.354 e. The molecule has 4 N–H and O–H groups in total. The fourth-order valence-electron chi connectivity index (χ4n) is 11.2. The van der Waals surface area contributed by atoms with Crippen LogP contribution in [0.4, 0.5) is 21.0 Å². The number of fused-ring (bicyclic) bond motifs is 4. The number of rotatable bonds is 11. The molecule has 0 radical (unpaired) electrons. The summed E-state index contributed by atoms with van der Waals surface area (Å²) < 4.78 is 3.20. The predicted octanol–water partition coefficient (Wildman–Crippen LogP) is 6.09. The number of carbonyl (C=O) groups excluding carboxylic acids is 4. The topological polar surface area (TPSA) is 184 Å². The number of nitrogens with zero attached hydrogens (tertiary/aromatic N) is 8. The van der Waals surface area contributed by atoms with E-state index in [4.69, 9.17) is 23.2 Å². The van der Waals surface area contributed by atoms with Crippen LogP contribution in [0.15, 0.2) is 49.1 Å². The van der Waals surface area contributed by atoms with Gasteiger partial charge < -0.3 is 31.1 Å². The zero-order valence-electron chi connectivity index (χ0n) is 34.4. The van der Waals surface area contributed by atoms with Crippen molar-refractivity contribution in [2.45, 2.75) is 87.9 Å². The van der Waals surface area contributed by atoms with Gasteiger partial charge in [0, 0.05) is 73.6 Å². The third kappa shape index (κ3) is 7.38. The molecule has 6 amide bonds. The first-order valence-electron chi connectivity index (χ1n) is 21.4. The minimum Gasteiger partial charge on any atom is -0.354 e. The molecule has 12 rings (SSSR count).